The van der Waals surface area contributed by atoms with Gasteiger partial charge in [-0.2, -0.15) is 0 Å². The summed E-state index contributed by atoms with van der Waals surface area (Å²) in [5.41, 5.74) is 6.61. The number of hydrogen-bond acceptors (Lipinski definition) is 8. The van der Waals surface area contributed by atoms with Crippen LogP contribution in [0.3, 0.4) is 0 Å². The summed E-state index contributed by atoms with van der Waals surface area (Å²) >= 11 is 0. The van der Waals surface area contributed by atoms with Gasteiger partial charge in [0, 0.05) is 44.7 Å². The lowest BCUT2D eigenvalue weighted by atomic mass is 9.85. The van der Waals surface area contributed by atoms with Crippen molar-refractivity contribution in [2.24, 2.45) is 5.92 Å². The van der Waals surface area contributed by atoms with Crippen LogP contribution in [0.2, 0.25) is 0 Å². The fourth-order valence-electron chi connectivity index (χ4n) is 9.97. The van der Waals surface area contributed by atoms with E-state index >= 15 is 4.39 Å². The summed E-state index contributed by atoms with van der Waals surface area (Å²) < 4.78 is 21.9. The van der Waals surface area contributed by atoms with Crippen molar-refractivity contribution in [3.8, 4) is 5.75 Å². The van der Waals surface area contributed by atoms with Crippen LogP contribution < -0.4 is 15.0 Å². The molecule has 0 spiro atoms. The number of benzene rings is 4. The SMILES string of the molecule is CCC(=C(c1ccccc1)c1ccc(OCCN2CCC(CN3CC4CC(C3)N4c3cc4c(cc3F)C(=O)N(C3CCC(=O)NC3=O)C4=O)CC2)cc1)c1ccccc1. The molecule has 0 aromatic heterocycles. The lowest BCUT2D eigenvalue weighted by Gasteiger charge is -2.58. The third-order valence-corrected chi connectivity index (χ3v) is 12.9. The topological polar surface area (TPSA) is 102 Å². The number of imide groups is 2. The van der Waals surface area contributed by atoms with Crippen molar-refractivity contribution in [2.45, 2.75) is 63.6 Å². The van der Waals surface area contributed by atoms with Crippen LogP contribution in [0, 0.1) is 11.7 Å². The van der Waals surface area contributed by atoms with Gasteiger partial charge in [-0.3, -0.25) is 39.2 Å². The number of amides is 4. The van der Waals surface area contributed by atoms with Gasteiger partial charge in [-0.25, -0.2) is 4.39 Å². The molecule has 10 rings (SSSR count). The zero-order chi connectivity index (χ0) is 40.6. The van der Waals surface area contributed by atoms with Gasteiger partial charge in [0.2, 0.25) is 11.8 Å². The van der Waals surface area contributed by atoms with Crippen molar-refractivity contribution in [1.29, 1.82) is 0 Å². The zero-order valence-corrected chi connectivity index (χ0v) is 33.4. The van der Waals surface area contributed by atoms with E-state index in [4.69, 9.17) is 4.74 Å². The number of carbonyl (C=O) groups is 4. The van der Waals surface area contributed by atoms with Crippen LogP contribution in [-0.2, 0) is 9.59 Å². The number of nitrogens with one attached hydrogen (secondary N) is 1. The van der Waals surface area contributed by atoms with Crippen LogP contribution in [0.1, 0.15) is 82.9 Å². The Bertz CT molecular complexity index is 2260. The maximum absolute atomic E-state index is 15.6. The number of piperazine rings is 1. The van der Waals surface area contributed by atoms with Gasteiger partial charge < -0.3 is 9.64 Å². The number of ether oxygens (including phenoxy) is 1. The highest BCUT2D eigenvalue weighted by molar-refractivity contribution is 6.23. The molecule has 6 aliphatic heterocycles. The number of piperidine rings is 3. The van der Waals surface area contributed by atoms with Gasteiger partial charge in [0.25, 0.3) is 11.8 Å². The van der Waals surface area contributed by atoms with Crippen molar-refractivity contribution >= 4 is 40.5 Å². The highest BCUT2D eigenvalue weighted by Gasteiger charge is 2.49. The van der Waals surface area contributed by atoms with Crippen LogP contribution in [0.5, 0.6) is 5.75 Å². The van der Waals surface area contributed by atoms with Crippen molar-refractivity contribution in [1.82, 2.24) is 20.0 Å². The average molecular weight is 796 g/mol. The molecule has 59 heavy (non-hydrogen) atoms. The predicted molar refractivity (Wildman–Crippen MR) is 224 cm³/mol. The average Bonchev–Trinajstić information content (AvgIpc) is 3.48. The Balaban J connectivity index is 0.750. The summed E-state index contributed by atoms with van der Waals surface area (Å²) in [6, 6.07) is 31.6. The van der Waals surface area contributed by atoms with Gasteiger partial charge in [0.1, 0.15) is 24.2 Å². The van der Waals surface area contributed by atoms with Gasteiger partial charge in [-0.15, -0.1) is 0 Å². The second-order valence-electron chi connectivity index (χ2n) is 16.6. The van der Waals surface area contributed by atoms with E-state index in [1.165, 1.54) is 33.9 Å². The number of anilines is 1. The highest BCUT2D eigenvalue weighted by atomic mass is 19.1. The first-order valence-corrected chi connectivity index (χ1v) is 21.1. The maximum atomic E-state index is 15.6. The molecule has 2 bridgehead atoms. The molecule has 11 heteroatoms. The molecule has 4 aromatic carbocycles. The Morgan fingerprint density at radius 3 is 2.03 bits per heavy atom. The van der Waals surface area contributed by atoms with Crippen molar-refractivity contribution in [2.75, 3.05) is 50.8 Å². The fourth-order valence-corrected chi connectivity index (χ4v) is 9.97. The van der Waals surface area contributed by atoms with Gasteiger partial charge in [-0.1, -0.05) is 79.7 Å². The molecule has 5 saturated heterocycles. The normalized spacial score (nSPS) is 22.8. The van der Waals surface area contributed by atoms with Crippen molar-refractivity contribution < 1.29 is 28.3 Å². The Hall–Kier alpha value is -5.65. The molecule has 3 unspecified atom stereocenters. The van der Waals surface area contributed by atoms with Crippen LogP contribution in [-0.4, -0.2) is 102 Å². The van der Waals surface area contributed by atoms with Gasteiger partial charge >= 0.3 is 0 Å². The highest BCUT2D eigenvalue weighted by Crippen LogP contribution is 2.42. The van der Waals surface area contributed by atoms with Crippen LogP contribution in [0.15, 0.2) is 97.1 Å². The second kappa shape index (κ2) is 16.5. The molecular formula is C48H50FN5O5. The molecule has 4 amide bonds. The molecule has 3 atom stereocenters. The third kappa shape index (κ3) is 7.69. The number of likely N-dealkylation sites (tertiary alicyclic amines) is 1. The molecule has 6 heterocycles. The molecule has 0 aliphatic carbocycles. The van der Waals surface area contributed by atoms with E-state index in [0.29, 0.717) is 18.2 Å². The first-order chi connectivity index (χ1) is 28.7. The molecule has 10 nitrogen and oxygen atoms in total. The minimum Gasteiger partial charge on any atom is -0.492 e. The monoisotopic (exact) mass is 795 g/mol. The zero-order valence-electron chi connectivity index (χ0n) is 33.4. The molecule has 304 valence electrons. The van der Waals surface area contributed by atoms with E-state index in [9.17, 15) is 19.2 Å². The van der Waals surface area contributed by atoms with Gasteiger partial charge in [0.05, 0.1) is 16.8 Å². The Labute approximate surface area is 344 Å². The summed E-state index contributed by atoms with van der Waals surface area (Å²) in [5, 5.41) is 2.20. The number of fused-ring (bicyclic) bond motifs is 3. The summed E-state index contributed by atoms with van der Waals surface area (Å²) in [6.07, 6.45) is 4.22. The number of halogens is 1. The standard InChI is InChI=1S/C48H50FN5O5/c1-2-38(32-9-5-3-6-10-32)45(33-11-7-4-8-12-33)34-13-15-37(16-14-34)59-24-23-51-21-19-31(20-22-51)28-52-29-35-25-36(30-52)53(35)43-27-40-39(26-41(43)49)47(57)54(48(40)58)42-17-18-44(55)50-46(42)56/h3-16,26-27,31,35-36,42H,2,17-25,28-30H2,1H3,(H,50,55,56). The molecule has 0 radical (unpaired) electrons. The van der Waals surface area contributed by atoms with Gasteiger partial charge in [0.15, 0.2) is 0 Å². The summed E-state index contributed by atoms with van der Waals surface area (Å²) in [6.45, 7) is 8.46. The van der Waals surface area contributed by atoms with E-state index in [1.54, 1.807) is 0 Å². The maximum Gasteiger partial charge on any atom is 0.262 e. The Morgan fingerprint density at radius 2 is 1.39 bits per heavy atom. The Kier molecular flexibility index (Phi) is 10.9. The first-order valence-electron chi connectivity index (χ1n) is 21.1. The molecule has 6 aliphatic rings. The van der Waals surface area contributed by atoms with E-state index in [1.807, 2.05) is 0 Å². The fraction of sp³-hybridized carbons (Fsp3) is 0.375. The molecule has 1 N–H and O–H groups in total. The number of carbonyl (C=O) groups excluding carboxylic acids is 4. The van der Waals surface area contributed by atoms with Crippen molar-refractivity contribution in [3.05, 3.63) is 131 Å². The summed E-state index contributed by atoms with van der Waals surface area (Å²) in [4.78, 5) is 58.7. The summed E-state index contributed by atoms with van der Waals surface area (Å²) in [7, 11) is 0. The molecular weight excluding hydrogens is 746 g/mol. The van der Waals surface area contributed by atoms with E-state index < -0.39 is 35.5 Å². The van der Waals surface area contributed by atoms with E-state index in [0.717, 1.165) is 81.7 Å². The van der Waals surface area contributed by atoms with Crippen LogP contribution in [0.25, 0.3) is 11.1 Å². The minimum atomic E-state index is -1.08. The lowest BCUT2D eigenvalue weighted by Crippen LogP contribution is -2.69. The molecule has 4 aromatic rings. The van der Waals surface area contributed by atoms with Gasteiger partial charge in [-0.05, 0) is 103 Å². The quantitative estimate of drug-likeness (QED) is 0.126. The van der Waals surface area contributed by atoms with E-state index in [2.05, 4.69) is 112 Å². The minimum absolute atomic E-state index is 0.0317. The number of allylic oxidation sites excluding steroid dienone is 1. The van der Waals surface area contributed by atoms with E-state index in [-0.39, 0.29) is 36.1 Å². The lowest BCUT2D eigenvalue weighted by molar-refractivity contribution is -0.136. The number of nitrogens with zero attached hydrogens (tertiary/aromatic N) is 4. The Morgan fingerprint density at radius 1 is 0.763 bits per heavy atom. The van der Waals surface area contributed by atoms with Crippen LogP contribution in [0.4, 0.5) is 10.1 Å². The largest absolute Gasteiger partial charge is 0.492 e. The third-order valence-electron chi connectivity index (χ3n) is 12.9. The predicted octanol–water partition coefficient (Wildman–Crippen LogP) is 6.65. The summed E-state index contributed by atoms with van der Waals surface area (Å²) in [5.74, 6) is -1.49. The van der Waals surface area contributed by atoms with Crippen LogP contribution >= 0.6 is 0 Å². The molecule has 0 saturated carbocycles. The van der Waals surface area contributed by atoms with Crippen molar-refractivity contribution in [3.63, 3.8) is 0 Å². The smallest absolute Gasteiger partial charge is 0.262 e. The first kappa shape index (κ1) is 38.8. The number of rotatable bonds is 12. The molecule has 5 fully saturated rings. The second-order valence-corrected chi connectivity index (χ2v) is 16.6. The number of hydrogen-bond donors (Lipinski definition) is 1.